The molecule has 0 saturated carbocycles. The predicted octanol–water partition coefficient (Wildman–Crippen LogP) is 1.57. The van der Waals surface area contributed by atoms with Crippen LogP contribution in [-0.4, -0.2) is 29.1 Å². The van der Waals surface area contributed by atoms with Crippen molar-refractivity contribution in [2.45, 2.75) is 31.7 Å². The Labute approximate surface area is 113 Å². The molecule has 3 heterocycles. The summed E-state index contributed by atoms with van der Waals surface area (Å²) in [5.41, 5.74) is 1.35. The Hall–Kier alpha value is -1.60. The maximum Gasteiger partial charge on any atom is 0.250 e. The molecule has 2 atom stereocenters. The fourth-order valence-corrected chi connectivity index (χ4v) is 3.56. The van der Waals surface area contributed by atoms with Crippen LogP contribution >= 0.6 is 0 Å². The van der Waals surface area contributed by atoms with E-state index in [0.717, 1.165) is 32.6 Å². The highest BCUT2D eigenvalue weighted by molar-refractivity contribution is 5.16. The Kier molecular flexibility index (Phi) is 3.39. The normalized spacial score (nSPS) is 25.6. The number of piperidine rings is 1. The van der Waals surface area contributed by atoms with E-state index in [-0.39, 0.29) is 5.56 Å². The van der Waals surface area contributed by atoms with Crippen molar-refractivity contribution in [2.75, 3.05) is 19.6 Å². The SMILES string of the molecule is N#CCCCN1C[C@@H]2C[C@@H](C1)c1cccc(=O)n1C2. The summed E-state index contributed by atoms with van der Waals surface area (Å²) in [6.45, 7) is 3.98. The third kappa shape index (κ3) is 2.43. The van der Waals surface area contributed by atoms with Gasteiger partial charge >= 0.3 is 0 Å². The number of nitrogens with zero attached hydrogens (tertiary/aromatic N) is 3. The van der Waals surface area contributed by atoms with Crippen LogP contribution in [0.5, 0.6) is 0 Å². The second-order valence-electron chi connectivity index (χ2n) is 5.72. The number of nitriles is 1. The quantitative estimate of drug-likeness (QED) is 0.772. The summed E-state index contributed by atoms with van der Waals surface area (Å²) < 4.78 is 1.96. The molecule has 0 radical (unpaired) electrons. The molecule has 0 unspecified atom stereocenters. The number of pyridine rings is 1. The minimum Gasteiger partial charge on any atom is -0.312 e. The van der Waals surface area contributed by atoms with E-state index in [1.54, 1.807) is 6.07 Å². The molecule has 0 amide bonds. The van der Waals surface area contributed by atoms with E-state index in [1.165, 1.54) is 12.1 Å². The first kappa shape index (κ1) is 12.4. The molecule has 2 aliphatic heterocycles. The Morgan fingerprint density at radius 3 is 3.05 bits per heavy atom. The smallest absolute Gasteiger partial charge is 0.250 e. The average molecular weight is 257 g/mol. The van der Waals surface area contributed by atoms with Crippen molar-refractivity contribution < 1.29 is 0 Å². The van der Waals surface area contributed by atoms with E-state index < -0.39 is 0 Å². The lowest BCUT2D eigenvalue weighted by molar-refractivity contribution is 0.119. The second-order valence-corrected chi connectivity index (χ2v) is 5.72. The van der Waals surface area contributed by atoms with Crippen molar-refractivity contribution in [3.8, 4) is 6.07 Å². The van der Waals surface area contributed by atoms with Crippen LogP contribution in [0.1, 0.15) is 30.9 Å². The van der Waals surface area contributed by atoms with Crippen LogP contribution in [0.4, 0.5) is 0 Å². The van der Waals surface area contributed by atoms with Crippen LogP contribution in [0.25, 0.3) is 0 Å². The van der Waals surface area contributed by atoms with Gasteiger partial charge in [-0.25, -0.2) is 0 Å². The van der Waals surface area contributed by atoms with E-state index >= 15 is 0 Å². The molecule has 1 saturated heterocycles. The standard InChI is InChI=1S/C15H19N3O/c16-6-1-2-7-17-9-12-8-13(11-17)14-4-3-5-15(19)18(14)10-12/h3-5,12-13H,1-2,7-11H2/t12-,13-/m0/s1. The zero-order valence-electron chi connectivity index (χ0n) is 11.1. The van der Waals surface area contributed by atoms with Crippen molar-refractivity contribution in [3.63, 3.8) is 0 Å². The highest BCUT2D eigenvalue weighted by Crippen LogP contribution is 2.34. The summed E-state index contributed by atoms with van der Waals surface area (Å²) >= 11 is 0. The van der Waals surface area contributed by atoms with Crippen molar-refractivity contribution >= 4 is 0 Å². The second kappa shape index (κ2) is 5.18. The molecular formula is C15H19N3O. The molecule has 0 spiro atoms. The summed E-state index contributed by atoms with van der Waals surface area (Å²) in [5, 5.41) is 8.61. The lowest BCUT2D eigenvalue weighted by Gasteiger charge is -2.42. The van der Waals surface area contributed by atoms with Crippen LogP contribution in [0.15, 0.2) is 23.0 Å². The minimum absolute atomic E-state index is 0.144. The molecule has 100 valence electrons. The Balaban J connectivity index is 1.77. The van der Waals surface area contributed by atoms with Crippen molar-refractivity contribution in [3.05, 3.63) is 34.2 Å². The van der Waals surface area contributed by atoms with Gasteiger partial charge in [-0.3, -0.25) is 4.79 Å². The van der Waals surface area contributed by atoms with Crippen molar-refractivity contribution in [1.29, 1.82) is 5.26 Å². The molecule has 3 rings (SSSR count). The molecule has 0 aromatic carbocycles. The molecule has 0 N–H and O–H groups in total. The van der Waals surface area contributed by atoms with Crippen LogP contribution in [0.3, 0.4) is 0 Å². The molecule has 1 aromatic rings. The molecule has 1 aromatic heterocycles. The van der Waals surface area contributed by atoms with Crippen LogP contribution in [-0.2, 0) is 6.54 Å². The predicted molar refractivity (Wildman–Crippen MR) is 72.8 cm³/mol. The van der Waals surface area contributed by atoms with E-state index in [2.05, 4.69) is 17.0 Å². The minimum atomic E-state index is 0.144. The highest BCUT2D eigenvalue weighted by atomic mass is 16.1. The van der Waals surface area contributed by atoms with E-state index in [9.17, 15) is 4.79 Å². The van der Waals surface area contributed by atoms with Gasteiger partial charge in [0.05, 0.1) is 6.07 Å². The Morgan fingerprint density at radius 2 is 2.21 bits per heavy atom. The maximum absolute atomic E-state index is 11.9. The van der Waals surface area contributed by atoms with Gasteiger partial charge in [-0.2, -0.15) is 5.26 Å². The molecular weight excluding hydrogens is 238 g/mol. The highest BCUT2D eigenvalue weighted by Gasteiger charge is 2.33. The lowest BCUT2D eigenvalue weighted by Crippen LogP contribution is -2.47. The van der Waals surface area contributed by atoms with Gasteiger partial charge in [-0.15, -0.1) is 0 Å². The zero-order valence-corrected chi connectivity index (χ0v) is 11.1. The number of aromatic nitrogens is 1. The third-order valence-corrected chi connectivity index (χ3v) is 4.32. The van der Waals surface area contributed by atoms with Gasteiger partial charge in [0.25, 0.3) is 5.56 Å². The first-order valence-corrected chi connectivity index (χ1v) is 7.07. The fourth-order valence-electron chi connectivity index (χ4n) is 3.56. The maximum atomic E-state index is 11.9. The van der Waals surface area contributed by atoms with Crippen LogP contribution in [0, 0.1) is 17.2 Å². The molecule has 2 aliphatic rings. The summed E-state index contributed by atoms with van der Waals surface area (Å²) in [5.74, 6) is 1.08. The lowest BCUT2D eigenvalue weighted by atomic mass is 9.83. The van der Waals surface area contributed by atoms with Crippen LogP contribution in [0.2, 0.25) is 0 Å². The molecule has 4 nitrogen and oxygen atoms in total. The first-order valence-electron chi connectivity index (χ1n) is 7.07. The molecule has 1 fully saturated rings. The number of hydrogen-bond acceptors (Lipinski definition) is 3. The number of hydrogen-bond donors (Lipinski definition) is 0. The van der Waals surface area contributed by atoms with Gasteiger partial charge in [0, 0.05) is 43.7 Å². The van der Waals surface area contributed by atoms with Gasteiger partial charge in [0.2, 0.25) is 0 Å². The van der Waals surface area contributed by atoms with Gasteiger partial charge in [0.15, 0.2) is 0 Å². The topological polar surface area (TPSA) is 49.0 Å². The first-order chi connectivity index (χ1) is 9.28. The fraction of sp³-hybridized carbons (Fsp3) is 0.600. The van der Waals surface area contributed by atoms with Gasteiger partial charge in [0.1, 0.15) is 0 Å². The average Bonchev–Trinajstić information content (AvgIpc) is 2.40. The zero-order chi connectivity index (χ0) is 13.2. The van der Waals surface area contributed by atoms with E-state index in [0.29, 0.717) is 18.3 Å². The third-order valence-electron chi connectivity index (χ3n) is 4.32. The number of rotatable bonds is 3. The Morgan fingerprint density at radius 1 is 1.32 bits per heavy atom. The van der Waals surface area contributed by atoms with Crippen molar-refractivity contribution in [1.82, 2.24) is 9.47 Å². The molecule has 4 heteroatoms. The van der Waals surface area contributed by atoms with Crippen LogP contribution < -0.4 is 5.56 Å². The largest absolute Gasteiger partial charge is 0.312 e. The summed E-state index contributed by atoms with van der Waals surface area (Å²) in [4.78, 5) is 14.4. The summed E-state index contributed by atoms with van der Waals surface area (Å²) in [6, 6.07) is 7.85. The molecule has 19 heavy (non-hydrogen) atoms. The van der Waals surface area contributed by atoms with E-state index in [4.69, 9.17) is 5.26 Å². The number of fused-ring (bicyclic) bond motifs is 4. The molecule has 0 aliphatic carbocycles. The number of likely N-dealkylation sites (tertiary alicyclic amines) is 1. The van der Waals surface area contributed by atoms with Crippen molar-refractivity contribution in [2.24, 2.45) is 5.92 Å². The van der Waals surface area contributed by atoms with Gasteiger partial charge in [-0.05, 0) is 31.4 Å². The summed E-state index contributed by atoms with van der Waals surface area (Å²) in [7, 11) is 0. The Bertz CT molecular complexity index is 557. The monoisotopic (exact) mass is 257 g/mol. The summed E-state index contributed by atoms with van der Waals surface area (Å²) in [6.07, 6.45) is 2.80. The van der Waals surface area contributed by atoms with E-state index in [1.807, 2.05) is 10.6 Å². The molecule has 2 bridgehead atoms. The van der Waals surface area contributed by atoms with Gasteiger partial charge < -0.3 is 9.47 Å². The number of unbranched alkanes of at least 4 members (excludes halogenated alkanes) is 1. The van der Waals surface area contributed by atoms with Gasteiger partial charge in [-0.1, -0.05) is 6.07 Å².